The Morgan fingerprint density at radius 3 is 2.43 bits per heavy atom. The van der Waals surface area contributed by atoms with E-state index < -0.39 is 29.8 Å². The van der Waals surface area contributed by atoms with Crippen LogP contribution in [0.15, 0.2) is 24.3 Å². The minimum Gasteiger partial charge on any atom is -0.480 e. The van der Waals surface area contributed by atoms with Crippen molar-refractivity contribution in [1.29, 1.82) is 0 Å². The molecule has 2 N–H and O–H groups in total. The lowest BCUT2D eigenvalue weighted by molar-refractivity contribution is -0.142. The Balaban J connectivity index is 2.25. The van der Waals surface area contributed by atoms with Crippen LogP contribution in [0, 0.1) is 0 Å². The molecule has 1 aromatic carbocycles. The molecule has 0 saturated heterocycles. The van der Waals surface area contributed by atoms with Crippen LogP contribution in [0.1, 0.15) is 31.7 Å². The van der Waals surface area contributed by atoms with Crippen LogP contribution in [0.25, 0.3) is 0 Å². The molecule has 0 bridgehead atoms. The standard InChI is InChI=1S/C15H17F3N2O3/c1-2-12(13(21)22)20(9-7-8-9)14(23)19-11-6-4-3-5-10(11)15(16,17)18/h3-6,9,12H,2,7-8H2,1H3,(H,19,23)(H,21,22). The highest BCUT2D eigenvalue weighted by atomic mass is 19.4. The first-order valence-electron chi connectivity index (χ1n) is 7.24. The Hall–Kier alpha value is -2.25. The zero-order chi connectivity index (χ0) is 17.2. The summed E-state index contributed by atoms with van der Waals surface area (Å²) in [6.07, 6.45) is -3.12. The van der Waals surface area contributed by atoms with Crippen molar-refractivity contribution in [3.05, 3.63) is 29.8 Å². The topological polar surface area (TPSA) is 69.6 Å². The predicted molar refractivity (Wildman–Crippen MR) is 77.0 cm³/mol. The van der Waals surface area contributed by atoms with Crippen LogP contribution in [0.3, 0.4) is 0 Å². The van der Waals surface area contributed by atoms with Gasteiger partial charge >= 0.3 is 18.2 Å². The molecule has 0 aliphatic heterocycles. The number of nitrogens with zero attached hydrogens (tertiary/aromatic N) is 1. The number of carboxylic acid groups (broad SMARTS) is 1. The van der Waals surface area contributed by atoms with E-state index in [0.717, 1.165) is 17.0 Å². The van der Waals surface area contributed by atoms with Crippen LogP contribution in [0.4, 0.5) is 23.7 Å². The van der Waals surface area contributed by atoms with Gasteiger partial charge in [-0.15, -0.1) is 0 Å². The lowest BCUT2D eigenvalue weighted by Gasteiger charge is -2.29. The maximum absolute atomic E-state index is 13.0. The molecule has 23 heavy (non-hydrogen) atoms. The van der Waals surface area contributed by atoms with Crippen molar-refractivity contribution in [1.82, 2.24) is 4.90 Å². The number of nitrogens with one attached hydrogen (secondary N) is 1. The third-order valence-electron chi connectivity index (χ3n) is 3.66. The molecule has 5 nitrogen and oxygen atoms in total. The van der Waals surface area contributed by atoms with Gasteiger partial charge in [0, 0.05) is 6.04 Å². The van der Waals surface area contributed by atoms with Crippen molar-refractivity contribution in [2.75, 3.05) is 5.32 Å². The number of carbonyl (C=O) groups is 2. The Bertz CT molecular complexity index is 600. The molecular weight excluding hydrogens is 313 g/mol. The summed E-state index contributed by atoms with van der Waals surface area (Å²) in [5.74, 6) is -1.17. The molecular formula is C15H17F3N2O3. The second-order valence-electron chi connectivity index (χ2n) is 5.37. The highest BCUT2D eigenvalue weighted by Gasteiger charge is 2.41. The predicted octanol–water partition coefficient (Wildman–Crippen LogP) is 3.56. The molecule has 2 amide bonds. The molecule has 1 aromatic rings. The van der Waals surface area contributed by atoms with Gasteiger partial charge in [-0.2, -0.15) is 13.2 Å². The van der Waals surface area contributed by atoms with Gasteiger partial charge in [-0.25, -0.2) is 9.59 Å². The largest absolute Gasteiger partial charge is 0.480 e. The fourth-order valence-electron chi connectivity index (χ4n) is 2.42. The van der Waals surface area contributed by atoms with Gasteiger partial charge in [-0.05, 0) is 31.4 Å². The number of urea groups is 1. The van der Waals surface area contributed by atoms with E-state index in [1.54, 1.807) is 6.92 Å². The maximum Gasteiger partial charge on any atom is 0.418 e. The van der Waals surface area contributed by atoms with E-state index in [0.29, 0.717) is 12.8 Å². The number of para-hydroxylation sites is 1. The van der Waals surface area contributed by atoms with Crippen LogP contribution in [-0.4, -0.2) is 34.1 Å². The Morgan fingerprint density at radius 1 is 1.35 bits per heavy atom. The van der Waals surface area contributed by atoms with Gasteiger partial charge in [0.2, 0.25) is 0 Å². The van der Waals surface area contributed by atoms with Crippen LogP contribution in [-0.2, 0) is 11.0 Å². The van der Waals surface area contributed by atoms with Crippen molar-refractivity contribution in [2.45, 2.75) is 44.4 Å². The molecule has 2 rings (SSSR count). The molecule has 126 valence electrons. The normalized spacial score (nSPS) is 15.8. The van der Waals surface area contributed by atoms with Crippen molar-refractivity contribution in [3.63, 3.8) is 0 Å². The molecule has 0 heterocycles. The molecule has 1 saturated carbocycles. The first kappa shape index (κ1) is 17.1. The number of benzene rings is 1. The summed E-state index contributed by atoms with van der Waals surface area (Å²) in [7, 11) is 0. The average Bonchev–Trinajstić information content (AvgIpc) is 3.27. The highest BCUT2D eigenvalue weighted by Crippen LogP contribution is 2.35. The van der Waals surface area contributed by atoms with Crippen LogP contribution < -0.4 is 5.32 Å². The molecule has 1 atom stereocenters. The van der Waals surface area contributed by atoms with Gasteiger partial charge in [0.05, 0.1) is 11.3 Å². The first-order chi connectivity index (χ1) is 10.8. The van der Waals surface area contributed by atoms with Gasteiger partial charge in [0.1, 0.15) is 6.04 Å². The zero-order valence-electron chi connectivity index (χ0n) is 12.4. The number of aliphatic carboxylic acids is 1. The summed E-state index contributed by atoms with van der Waals surface area (Å²) in [6, 6.07) is 2.50. The quantitative estimate of drug-likeness (QED) is 0.867. The fraction of sp³-hybridized carbons (Fsp3) is 0.467. The molecule has 0 spiro atoms. The number of hydrogen-bond acceptors (Lipinski definition) is 2. The molecule has 0 aromatic heterocycles. The number of hydrogen-bond donors (Lipinski definition) is 2. The third kappa shape index (κ3) is 3.94. The minimum absolute atomic E-state index is 0.181. The monoisotopic (exact) mass is 330 g/mol. The van der Waals surface area contributed by atoms with E-state index in [2.05, 4.69) is 5.32 Å². The number of halogens is 3. The Morgan fingerprint density at radius 2 is 1.96 bits per heavy atom. The lowest BCUT2D eigenvalue weighted by Crippen LogP contribution is -2.48. The van der Waals surface area contributed by atoms with Crippen LogP contribution in [0.2, 0.25) is 0 Å². The molecule has 1 fully saturated rings. The SMILES string of the molecule is CCC(C(=O)O)N(C(=O)Nc1ccccc1C(F)(F)F)C1CC1. The molecule has 8 heteroatoms. The van der Waals surface area contributed by atoms with Gasteiger partial charge in [0.25, 0.3) is 0 Å². The van der Waals surface area contributed by atoms with Gasteiger partial charge in [-0.3, -0.25) is 0 Å². The summed E-state index contributed by atoms with van der Waals surface area (Å²) in [6.45, 7) is 1.62. The van der Waals surface area contributed by atoms with E-state index in [9.17, 15) is 27.9 Å². The molecule has 1 aliphatic carbocycles. The van der Waals surface area contributed by atoms with E-state index in [4.69, 9.17) is 0 Å². The molecule has 1 aliphatic rings. The summed E-state index contributed by atoms with van der Waals surface area (Å²) >= 11 is 0. The second kappa shape index (κ2) is 6.47. The maximum atomic E-state index is 13.0. The van der Waals surface area contributed by atoms with E-state index in [1.807, 2.05) is 0 Å². The summed E-state index contributed by atoms with van der Waals surface area (Å²) in [4.78, 5) is 24.8. The number of rotatable bonds is 5. The van der Waals surface area contributed by atoms with E-state index in [1.165, 1.54) is 12.1 Å². The zero-order valence-corrected chi connectivity index (χ0v) is 12.4. The van der Waals surface area contributed by atoms with Gasteiger partial charge < -0.3 is 15.3 Å². The lowest BCUT2D eigenvalue weighted by atomic mass is 10.1. The van der Waals surface area contributed by atoms with Crippen molar-refractivity contribution < 1.29 is 27.9 Å². The Labute approximate surface area is 131 Å². The van der Waals surface area contributed by atoms with Crippen molar-refractivity contribution >= 4 is 17.7 Å². The summed E-state index contributed by atoms with van der Waals surface area (Å²) in [5.41, 5.74) is -1.34. The molecule has 0 radical (unpaired) electrons. The Kier molecular flexibility index (Phi) is 4.82. The van der Waals surface area contributed by atoms with Crippen LogP contribution in [0.5, 0.6) is 0 Å². The van der Waals surface area contributed by atoms with Crippen LogP contribution >= 0.6 is 0 Å². The first-order valence-corrected chi connectivity index (χ1v) is 7.24. The number of amides is 2. The third-order valence-corrected chi connectivity index (χ3v) is 3.66. The number of carbonyl (C=O) groups excluding carboxylic acids is 1. The van der Waals surface area contributed by atoms with Gasteiger partial charge in [-0.1, -0.05) is 19.1 Å². The van der Waals surface area contributed by atoms with E-state index >= 15 is 0 Å². The van der Waals surface area contributed by atoms with Crippen molar-refractivity contribution in [2.24, 2.45) is 0 Å². The van der Waals surface area contributed by atoms with Crippen molar-refractivity contribution in [3.8, 4) is 0 Å². The number of alkyl halides is 3. The van der Waals surface area contributed by atoms with E-state index in [-0.39, 0.29) is 18.2 Å². The second-order valence-corrected chi connectivity index (χ2v) is 5.37. The highest BCUT2D eigenvalue weighted by molar-refractivity contribution is 5.93. The summed E-state index contributed by atoms with van der Waals surface area (Å²) in [5, 5.41) is 11.4. The number of anilines is 1. The minimum atomic E-state index is -4.61. The average molecular weight is 330 g/mol. The number of carboxylic acids is 1. The summed E-state index contributed by atoms with van der Waals surface area (Å²) < 4.78 is 38.9. The fourth-order valence-corrected chi connectivity index (χ4v) is 2.42. The molecule has 1 unspecified atom stereocenters. The van der Waals surface area contributed by atoms with Gasteiger partial charge in [0.15, 0.2) is 0 Å². The smallest absolute Gasteiger partial charge is 0.418 e.